The van der Waals surface area contributed by atoms with Crippen molar-refractivity contribution in [3.05, 3.63) is 0 Å². The summed E-state index contributed by atoms with van der Waals surface area (Å²) in [6.45, 7) is 1.87. The molecule has 0 unspecified atom stereocenters. The molecule has 0 fully saturated rings. The normalized spacial score (nSPS) is 13.9. The molecule has 1 atom stereocenters. The van der Waals surface area contributed by atoms with Gasteiger partial charge in [0.15, 0.2) is 5.78 Å². The van der Waals surface area contributed by atoms with Crippen molar-refractivity contribution in [1.29, 1.82) is 0 Å². The van der Waals surface area contributed by atoms with E-state index < -0.39 is 0 Å². The van der Waals surface area contributed by atoms with Crippen molar-refractivity contribution in [2.75, 3.05) is 6.54 Å². The van der Waals surface area contributed by atoms with Crippen LogP contribution in [0.1, 0.15) is 6.92 Å². The molecular formula is C5H8ClIN2O. The second kappa shape index (κ2) is 6.06. The maximum absolute atomic E-state index is 10.7. The first-order valence-electron chi connectivity index (χ1n) is 2.68. The van der Waals surface area contributed by atoms with Crippen LogP contribution in [0.15, 0.2) is 4.99 Å². The second-order valence-electron chi connectivity index (χ2n) is 1.71. The van der Waals surface area contributed by atoms with Crippen LogP contribution in [-0.2, 0) is 4.79 Å². The van der Waals surface area contributed by atoms with Crippen molar-refractivity contribution >= 4 is 44.4 Å². The maximum Gasteiger partial charge on any atom is 0.155 e. The largest absolute Gasteiger partial charge is 0.298 e. The van der Waals surface area contributed by atoms with Crippen LogP contribution >= 0.6 is 34.4 Å². The summed E-state index contributed by atoms with van der Waals surface area (Å²) in [5.41, 5.74) is 0. The number of aliphatic imine (C=N–C) groups is 1. The molecule has 0 radical (unpaired) electrons. The highest BCUT2D eigenvalue weighted by Gasteiger charge is 2.09. The third kappa shape index (κ3) is 4.19. The lowest BCUT2D eigenvalue weighted by molar-refractivity contribution is -0.117. The van der Waals surface area contributed by atoms with E-state index in [1.807, 2.05) is 22.6 Å². The number of rotatable bonds is 4. The number of nitrogens with one attached hydrogen (secondary N) is 1. The average Bonchev–Trinajstić information content (AvgIpc) is 1.87. The van der Waals surface area contributed by atoms with Gasteiger partial charge in [0.05, 0.1) is 4.22 Å². The minimum Gasteiger partial charge on any atom is -0.298 e. The zero-order chi connectivity index (χ0) is 7.98. The van der Waals surface area contributed by atoms with Gasteiger partial charge in [0.2, 0.25) is 0 Å². The summed E-state index contributed by atoms with van der Waals surface area (Å²) < 4.78 is 1.57. The lowest BCUT2D eigenvalue weighted by Crippen LogP contribution is -2.25. The van der Waals surface area contributed by atoms with Gasteiger partial charge in [0.1, 0.15) is 6.04 Å². The smallest absolute Gasteiger partial charge is 0.155 e. The fourth-order valence-electron chi connectivity index (χ4n) is 0.442. The van der Waals surface area contributed by atoms with Gasteiger partial charge in [-0.15, -0.1) is 0 Å². The Morgan fingerprint density at radius 1 is 2.00 bits per heavy atom. The molecule has 58 valence electrons. The fraction of sp³-hybridized carbons (Fsp3) is 0.600. The first kappa shape index (κ1) is 10.3. The minimum absolute atomic E-state index is 0.0149. The molecule has 0 aliphatic carbocycles. The Balaban J connectivity index is 3.85. The third-order valence-electron chi connectivity index (χ3n) is 0.976. The molecule has 3 nitrogen and oxygen atoms in total. The molecule has 0 aromatic carbocycles. The quantitative estimate of drug-likeness (QED) is 0.475. The number of ketones is 1. The van der Waals surface area contributed by atoms with E-state index in [9.17, 15) is 4.79 Å². The summed E-state index contributed by atoms with van der Waals surface area (Å²) in [5.74, 6) is 0.0149. The van der Waals surface area contributed by atoms with Crippen LogP contribution in [0.5, 0.6) is 0 Å². The van der Waals surface area contributed by atoms with E-state index in [1.165, 1.54) is 6.92 Å². The van der Waals surface area contributed by atoms with Gasteiger partial charge in [0, 0.05) is 6.54 Å². The zero-order valence-electron chi connectivity index (χ0n) is 5.47. The first-order valence-corrected chi connectivity index (χ1v) is 4.30. The molecular weight excluding hydrogens is 266 g/mol. The molecule has 0 aromatic heterocycles. The van der Waals surface area contributed by atoms with E-state index in [0.717, 1.165) is 0 Å². The molecule has 0 amide bonds. The summed E-state index contributed by atoms with van der Waals surface area (Å²) in [6.07, 6.45) is 0. The lowest BCUT2D eigenvalue weighted by Gasteiger charge is -2.04. The Kier molecular flexibility index (Phi) is 6.25. The molecule has 0 saturated heterocycles. The summed E-state index contributed by atoms with van der Waals surface area (Å²) in [6, 6.07) is -0.339. The highest BCUT2D eigenvalue weighted by Crippen LogP contribution is 1.92. The zero-order valence-corrected chi connectivity index (χ0v) is 8.39. The van der Waals surface area contributed by atoms with Crippen molar-refractivity contribution in [2.24, 2.45) is 4.99 Å². The van der Waals surface area contributed by atoms with Gasteiger partial charge >= 0.3 is 0 Å². The lowest BCUT2D eigenvalue weighted by atomic mass is 10.2. The Morgan fingerprint density at radius 2 is 2.60 bits per heavy atom. The summed E-state index contributed by atoms with van der Waals surface area (Å²) in [5, 5.41) is 0. The monoisotopic (exact) mass is 274 g/mol. The van der Waals surface area contributed by atoms with Gasteiger partial charge in [0.25, 0.3) is 0 Å². The number of nitrogens with zero attached hydrogens (tertiary/aromatic N) is 1. The third-order valence-corrected chi connectivity index (χ3v) is 1.45. The standard InChI is InChI=1S/C5H8ClIN2O/c1-4(10)5(2-9-6)8-3-7/h3,5,9H,2H2,1H3/t5-/m1/s1. The molecule has 0 aliphatic heterocycles. The van der Waals surface area contributed by atoms with Crippen LogP contribution in [0, 0.1) is 0 Å². The topological polar surface area (TPSA) is 41.5 Å². The summed E-state index contributed by atoms with van der Waals surface area (Å²) in [4.78, 5) is 17.0. The predicted octanol–water partition coefficient (Wildman–Crippen LogP) is 1.15. The predicted molar refractivity (Wildman–Crippen MR) is 50.8 cm³/mol. The van der Waals surface area contributed by atoms with Crippen LogP contribution in [0.3, 0.4) is 0 Å². The number of carbonyl (C=O) groups is 1. The Bertz CT molecular complexity index is 140. The maximum atomic E-state index is 10.7. The number of hydrogen-bond donors (Lipinski definition) is 1. The molecule has 0 aliphatic rings. The van der Waals surface area contributed by atoms with Gasteiger partial charge in [-0.25, -0.2) is 4.84 Å². The molecule has 10 heavy (non-hydrogen) atoms. The number of hydrogen-bond acceptors (Lipinski definition) is 3. The van der Waals surface area contributed by atoms with E-state index in [1.54, 1.807) is 4.22 Å². The molecule has 0 bridgehead atoms. The Hall–Kier alpha value is 0.320. The molecule has 5 heteroatoms. The molecule has 0 rings (SSSR count). The Morgan fingerprint density at radius 3 is 2.90 bits per heavy atom. The van der Waals surface area contributed by atoms with Crippen LogP contribution in [-0.4, -0.2) is 22.6 Å². The van der Waals surface area contributed by atoms with E-state index in [-0.39, 0.29) is 11.8 Å². The van der Waals surface area contributed by atoms with Crippen molar-refractivity contribution in [3.63, 3.8) is 0 Å². The average molecular weight is 274 g/mol. The van der Waals surface area contributed by atoms with E-state index >= 15 is 0 Å². The van der Waals surface area contributed by atoms with Gasteiger partial charge in [-0.05, 0) is 41.3 Å². The highest BCUT2D eigenvalue weighted by molar-refractivity contribution is 14.1. The Labute approximate surface area is 78.5 Å². The van der Waals surface area contributed by atoms with E-state index in [0.29, 0.717) is 6.54 Å². The van der Waals surface area contributed by atoms with Crippen molar-refractivity contribution in [1.82, 2.24) is 4.84 Å². The van der Waals surface area contributed by atoms with Gasteiger partial charge in [-0.1, -0.05) is 0 Å². The molecule has 0 spiro atoms. The molecule has 0 aromatic rings. The molecule has 0 saturated carbocycles. The summed E-state index contributed by atoms with van der Waals surface area (Å²) >= 11 is 7.16. The second-order valence-corrected chi connectivity index (χ2v) is 2.54. The van der Waals surface area contributed by atoms with Crippen LogP contribution in [0.2, 0.25) is 0 Å². The van der Waals surface area contributed by atoms with Gasteiger partial charge in [-0.3, -0.25) is 9.79 Å². The van der Waals surface area contributed by atoms with Crippen LogP contribution < -0.4 is 4.84 Å². The summed E-state index contributed by atoms with van der Waals surface area (Å²) in [7, 11) is 0. The first-order chi connectivity index (χ1) is 4.72. The van der Waals surface area contributed by atoms with E-state index in [4.69, 9.17) is 11.8 Å². The SMILES string of the molecule is CC(=O)[C@@H](CNCl)N=CI. The van der Waals surface area contributed by atoms with Crippen molar-refractivity contribution in [3.8, 4) is 0 Å². The number of halogens is 2. The minimum atomic E-state index is -0.339. The van der Waals surface area contributed by atoms with Gasteiger partial charge < -0.3 is 0 Å². The molecule has 1 N–H and O–H groups in total. The highest BCUT2D eigenvalue weighted by atomic mass is 127. The van der Waals surface area contributed by atoms with Crippen LogP contribution in [0.25, 0.3) is 0 Å². The van der Waals surface area contributed by atoms with E-state index in [2.05, 4.69) is 9.83 Å². The van der Waals surface area contributed by atoms with Crippen molar-refractivity contribution in [2.45, 2.75) is 13.0 Å². The fourth-order valence-corrected chi connectivity index (χ4v) is 0.977. The molecule has 0 heterocycles. The van der Waals surface area contributed by atoms with Crippen molar-refractivity contribution < 1.29 is 4.79 Å². The number of Topliss-reactive ketones (excluding diaryl/α,β-unsaturated/α-hetero) is 1. The van der Waals surface area contributed by atoms with Gasteiger partial charge in [-0.2, -0.15) is 0 Å². The number of carbonyl (C=O) groups excluding carboxylic acids is 1. The van der Waals surface area contributed by atoms with Crippen LogP contribution in [0.4, 0.5) is 0 Å².